The summed E-state index contributed by atoms with van der Waals surface area (Å²) in [6.45, 7) is 6.56. The number of rotatable bonds is 6. The van der Waals surface area contributed by atoms with Crippen molar-refractivity contribution in [3.05, 3.63) is 24.3 Å². The number of para-hydroxylation sites is 2. The highest BCUT2D eigenvalue weighted by atomic mass is 16.5. The lowest BCUT2D eigenvalue weighted by atomic mass is 10.3. The third-order valence-corrected chi connectivity index (χ3v) is 2.79. The summed E-state index contributed by atoms with van der Waals surface area (Å²) in [5, 5.41) is 2.88. The van der Waals surface area contributed by atoms with Gasteiger partial charge in [-0.15, -0.1) is 0 Å². The molecule has 0 bridgehead atoms. The first-order valence-electron chi connectivity index (χ1n) is 5.97. The Labute approximate surface area is 103 Å². The fourth-order valence-electron chi connectivity index (χ4n) is 1.67. The van der Waals surface area contributed by atoms with Gasteiger partial charge < -0.3 is 15.0 Å². The van der Waals surface area contributed by atoms with Crippen LogP contribution in [0.2, 0.25) is 0 Å². The molecule has 0 saturated carbocycles. The summed E-state index contributed by atoms with van der Waals surface area (Å²) >= 11 is 0. The van der Waals surface area contributed by atoms with Crippen LogP contribution in [0.5, 0.6) is 5.75 Å². The molecule has 0 aliphatic rings. The van der Waals surface area contributed by atoms with Crippen LogP contribution in [0.15, 0.2) is 24.3 Å². The zero-order chi connectivity index (χ0) is 12.7. The lowest BCUT2D eigenvalue weighted by molar-refractivity contribution is -0.888. The molecular weight excluding hydrogens is 216 g/mol. The second-order valence-electron chi connectivity index (χ2n) is 3.88. The monoisotopic (exact) mass is 237 g/mol. The van der Waals surface area contributed by atoms with Gasteiger partial charge in [-0.2, -0.15) is 0 Å². The van der Waals surface area contributed by atoms with Gasteiger partial charge in [-0.1, -0.05) is 12.1 Å². The molecule has 0 fully saturated rings. The molecule has 0 radical (unpaired) electrons. The molecule has 0 spiro atoms. The first-order chi connectivity index (χ1) is 8.21. The summed E-state index contributed by atoms with van der Waals surface area (Å²) < 4.78 is 5.18. The van der Waals surface area contributed by atoms with E-state index in [2.05, 4.69) is 19.2 Å². The van der Waals surface area contributed by atoms with Gasteiger partial charge >= 0.3 is 0 Å². The Hall–Kier alpha value is -1.55. The van der Waals surface area contributed by atoms with Crippen LogP contribution in [0.3, 0.4) is 0 Å². The Morgan fingerprint density at radius 1 is 1.29 bits per heavy atom. The van der Waals surface area contributed by atoms with Crippen LogP contribution in [0, 0.1) is 0 Å². The summed E-state index contributed by atoms with van der Waals surface area (Å²) in [6, 6.07) is 7.43. The molecule has 17 heavy (non-hydrogen) atoms. The Kier molecular flexibility index (Phi) is 5.49. The maximum absolute atomic E-state index is 11.8. The average Bonchev–Trinajstić information content (AvgIpc) is 2.36. The Bertz CT molecular complexity index is 362. The fraction of sp³-hybridized carbons (Fsp3) is 0.462. The molecule has 94 valence electrons. The van der Waals surface area contributed by atoms with Crippen LogP contribution in [0.1, 0.15) is 13.8 Å². The lowest BCUT2D eigenvalue weighted by Crippen LogP contribution is -3.12. The van der Waals surface area contributed by atoms with E-state index in [1.165, 1.54) is 4.90 Å². The predicted octanol–water partition coefficient (Wildman–Crippen LogP) is 0.558. The van der Waals surface area contributed by atoms with Crippen LogP contribution >= 0.6 is 0 Å². The van der Waals surface area contributed by atoms with E-state index in [1.54, 1.807) is 7.11 Å². The molecular formula is C13H21N2O2+. The number of nitrogens with one attached hydrogen (secondary N) is 2. The van der Waals surface area contributed by atoms with Gasteiger partial charge in [0.05, 0.1) is 25.9 Å². The van der Waals surface area contributed by atoms with Crippen molar-refractivity contribution in [1.82, 2.24) is 0 Å². The van der Waals surface area contributed by atoms with Gasteiger partial charge in [0.15, 0.2) is 6.54 Å². The van der Waals surface area contributed by atoms with Crippen molar-refractivity contribution in [3.63, 3.8) is 0 Å². The lowest BCUT2D eigenvalue weighted by Gasteiger charge is -2.15. The molecule has 0 aliphatic heterocycles. The van der Waals surface area contributed by atoms with Crippen molar-refractivity contribution in [2.75, 3.05) is 32.1 Å². The molecule has 0 aromatic heterocycles. The van der Waals surface area contributed by atoms with Gasteiger partial charge in [0.1, 0.15) is 5.75 Å². The number of anilines is 1. The highest BCUT2D eigenvalue weighted by Gasteiger charge is 2.12. The second-order valence-corrected chi connectivity index (χ2v) is 3.88. The summed E-state index contributed by atoms with van der Waals surface area (Å²) in [5.41, 5.74) is 0.728. The van der Waals surface area contributed by atoms with Crippen LogP contribution in [-0.2, 0) is 4.79 Å². The first kappa shape index (κ1) is 13.5. The van der Waals surface area contributed by atoms with Crippen molar-refractivity contribution in [3.8, 4) is 5.75 Å². The highest BCUT2D eigenvalue weighted by Crippen LogP contribution is 2.22. The SMILES string of the molecule is CC[NH+](CC)CC(=O)Nc1ccccc1OC. The number of methoxy groups -OCH3 is 1. The van der Waals surface area contributed by atoms with E-state index in [-0.39, 0.29) is 5.91 Å². The maximum atomic E-state index is 11.8. The van der Waals surface area contributed by atoms with Crippen molar-refractivity contribution in [2.45, 2.75) is 13.8 Å². The Morgan fingerprint density at radius 2 is 1.94 bits per heavy atom. The molecule has 1 aromatic rings. The molecule has 0 atom stereocenters. The molecule has 1 rings (SSSR count). The number of ether oxygens (including phenoxy) is 1. The molecule has 1 amide bonds. The van der Waals surface area contributed by atoms with E-state index in [9.17, 15) is 4.79 Å². The number of hydrogen-bond acceptors (Lipinski definition) is 2. The van der Waals surface area contributed by atoms with Crippen molar-refractivity contribution < 1.29 is 14.4 Å². The van der Waals surface area contributed by atoms with Crippen LogP contribution in [-0.4, -0.2) is 32.7 Å². The van der Waals surface area contributed by atoms with E-state index in [0.717, 1.165) is 18.8 Å². The van der Waals surface area contributed by atoms with Gasteiger partial charge in [-0.3, -0.25) is 4.79 Å². The fourth-order valence-corrected chi connectivity index (χ4v) is 1.67. The predicted molar refractivity (Wildman–Crippen MR) is 68.5 cm³/mol. The Balaban J connectivity index is 2.61. The zero-order valence-corrected chi connectivity index (χ0v) is 10.7. The molecule has 4 heteroatoms. The average molecular weight is 237 g/mol. The summed E-state index contributed by atoms with van der Waals surface area (Å²) in [4.78, 5) is 13.1. The van der Waals surface area contributed by atoms with E-state index >= 15 is 0 Å². The zero-order valence-electron chi connectivity index (χ0n) is 10.7. The number of benzene rings is 1. The minimum Gasteiger partial charge on any atom is -0.495 e. The van der Waals surface area contributed by atoms with Crippen LogP contribution < -0.4 is 15.0 Å². The number of carbonyl (C=O) groups is 1. The Morgan fingerprint density at radius 3 is 2.53 bits per heavy atom. The maximum Gasteiger partial charge on any atom is 0.279 e. The van der Waals surface area contributed by atoms with Gasteiger partial charge in [-0.25, -0.2) is 0 Å². The largest absolute Gasteiger partial charge is 0.495 e. The van der Waals surface area contributed by atoms with Crippen molar-refractivity contribution in [2.24, 2.45) is 0 Å². The minimum atomic E-state index is 0.0215. The van der Waals surface area contributed by atoms with Gasteiger partial charge in [0.25, 0.3) is 5.91 Å². The number of amides is 1. The number of hydrogen-bond donors (Lipinski definition) is 2. The van der Waals surface area contributed by atoms with E-state index in [0.29, 0.717) is 12.3 Å². The van der Waals surface area contributed by atoms with Gasteiger partial charge in [0.2, 0.25) is 0 Å². The second kappa shape index (κ2) is 6.91. The van der Waals surface area contributed by atoms with Gasteiger partial charge in [0, 0.05) is 0 Å². The molecule has 4 nitrogen and oxygen atoms in total. The quantitative estimate of drug-likeness (QED) is 0.759. The number of quaternary nitrogens is 1. The van der Waals surface area contributed by atoms with Gasteiger partial charge in [-0.05, 0) is 26.0 Å². The molecule has 2 N–H and O–H groups in total. The highest BCUT2D eigenvalue weighted by molar-refractivity contribution is 5.92. The smallest absolute Gasteiger partial charge is 0.279 e. The molecule has 0 heterocycles. The molecule has 1 aromatic carbocycles. The first-order valence-corrected chi connectivity index (χ1v) is 5.97. The summed E-state index contributed by atoms with van der Waals surface area (Å²) in [7, 11) is 1.60. The van der Waals surface area contributed by atoms with E-state index < -0.39 is 0 Å². The normalized spacial score (nSPS) is 10.4. The van der Waals surface area contributed by atoms with E-state index in [1.807, 2.05) is 24.3 Å². The molecule has 0 saturated heterocycles. The number of carbonyl (C=O) groups excluding carboxylic acids is 1. The molecule has 0 aliphatic carbocycles. The number of likely N-dealkylation sites (N-methyl/N-ethyl adjacent to an activating group) is 1. The standard InChI is InChI=1S/C13H20N2O2/c1-4-15(5-2)10-13(16)14-11-8-6-7-9-12(11)17-3/h6-9H,4-5,10H2,1-3H3,(H,14,16)/p+1. The molecule has 0 unspecified atom stereocenters. The van der Waals surface area contributed by atoms with Crippen LogP contribution in [0.4, 0.5) is 5.69 Å². The minimum absolute atomic E-state index is 0.0215. The van der Waals surface area contributed by atoms with E-state index in [4.69, 9.17) is 4.74 Å². The third-order valence-electron chi connectivity index (χ3n) is 2.79. The van der Waals surface area contributed by atoms with Crippen LogP contribution in [0.25, 0.3) is 0 Å². The topological polar surface area (TPSA) is 42.8 Å². The van der Waals surface area contributed by atoms with Crippen molar-refractivity contribution in [1.29, 1.82) is 0 Å². The summed E-state index contributed by atoms with van der Waals surface area (Å²) in [6.07, 6.45) is 0. The van der Waals surface area contributed by atoms with Crippen molar-refractivity contribution >= 4 is 11.6 Å². The third kappa shape index (κ3) is 4.07. The summed E-state index contributed by atoms with van der Waals surface area (Å²) in [5.74, 6) is 0.712.